The van der Waals surface area contributed by atoms with Crippen LogP contribution in [-0.4, -0.2) is 47.1 Å². The second-order valence-electron chi connectivity index (χ2n) is 6.64. The number of likely N-dealkylation sites (tertiary alicyclic amines) is 2. The van der Waals surface area contributed by atoms with Gasteiger partial charge in [0, 0.05) is 30.7 Å². The summed E-state index contributed by atoms with van der Waals surface area (Å²) in [5, 5.41) is 0. The summed E-state index contributed by atoms with van der Waals surface area (Å²) in [7, 11) is 0. The Morgan fingerprint density at radius 2 is 1.75 bits per heavy atom. The van der Waals surface area contributed by atoms with E-state index in [0.29, 0.717) is 5.54 Å². The Labute approximate surface area is 101 Å². The highest BCUT2D eigenvalue weighted by Gasteiger charge is 2.35. The van der Waals surface area contributed by atoms with Gasteiger partial charge in [-0.25, -0.2) is 0 Å². The van der Waals surface area contributed by atoms with Gasteiger partial charge in [-0.2, -0.15) is 0 Å². The first-order valence-electron chi connectivity index (χ1n) is 6.99. The van der Waals surface area contributed by atoms with Gasteiger partial charge in [-0.1, -0.05) is 6.42 Å². The molecule has 0 radical (unpaired) electrons. The van der Waals surface area contributed by atoms with Crippen molar-refractivity contribution in [3.63, 3.8) is 0 Å². The minimum atomic E-state index is 0.355. The van der Waals surface area contributed by atoms with Crippen molar-refractivity contribution < 1.29 is 0 Å². The first kappa shape index (κ1) is 12.4. The fourth-order valence-electron chi connectivity index (χ4n) is 3.28. The van der Waals surface area contributed by atoms with Crippen molar-refractivity contribution in [2.45, 2.75) is 71.0 Å². The summed E-state index contributed by atoms with van der Waals surface area (Å²) in [4.78, 5) is 5.42. The zero-order valence-electron chi connectivity index (χ0n) is 11.5. The van der Waals surface area contributed by atoms with Crippen LogP contribution < -0.4 is 0 Å². The summed E-state index contributed by atoms with van der Waals surface area (Å²) in [6, 6.07) is 1.65. The zero-order chi connectivity index (χ0) is 11.8. The molecule has 0 bridgehead atoms. The van der Waals surface area contributed by atoms with Gasteiger partial charge in [-0.15, -0.1) is 0 Å². The molecule has 0 aromatic rings. The van der Waals surface area contributed by atoms with E-state index in [1.165, 1.54) is 45.3 Å². The summed E-state index contributed by atoms with van der Waals surface area (Å²) < 4.78 is 0. The standard InChI is InChI=1S/C14H28N2/c1-12-7-5-6-9-16(12)13-8-10-15(11-13)14(2,3)4/h12-13H,5-11H2,1-4H3. The lowest BCUT2D eigenvalue weighted by molar-refractivity contribution is 0.0937. The van der Waals surface area contributed by atoms with Crippen molar-refractivity contribution in [3.05, 3.63) is 0 Å². The summed E-state index contributed by atoms with van der Waals surface area (Å²) >= 11 is 0. The van der Waals surface area contributed by atoms with Crippen molar-refractivity contribution in [2.75, 3.05) is 19.6 Å². The van der Waals surface area contributed by atoms with Gasteiger partial charge in [0.25, 0.3) is 0 Å². The van der Waals surface area contributed by atoms with Crippen LogP contribution >= 0.6 is 0 Å². The van der Waals surface area contributed by atoms with Gasteiger partial charge in [-0.3, -0.25) is 9.80 Å². The van der Waals surface area contributed by atoms with Crippen LogP contribution in [0.2, 0.25) is 0 Å². The van der Waals surface area contributed by atoms with E-state index in [2.05, 4.69) is 37.5 Å². The molecule has 2 aliphatic rings. The average molecular weight is 224 g/mol. The smallest absolute Gasteiger partial charge is 0.0238 e. The van der Waals surface area contributed by atoms with Gasteiger partial charge < -0.3 is 0 Å². The molecule has 2 atom stereocenters. The van der Waals surface area contributed by atoms with Crippen LogP contribution in [0.4, 0.5) is 0 Å². The second kappa shape index (κ2) is 4.66. The Morgan fingerprint density at radius 1 is 1.00 bits per heavy atom. The molecule has 2 nitrogen and oxygen atoms in total. The van der Waals surface area contributed by atoms with Crippen LogP contribution in [0.5, 0.6) is 0 Å². The predicted molar refractivity (Wildman–Crippen MR) is 69.8 cm³/mol. The molecule has 0 amide bonds. The highest BCUT2D eigenvalue weighted by Crippen LogP contribution is 2.27. The lowest BCUT2D eigenvalue weighted by Gasteiger charge is -2.39. The lowest BCUT2D eigenvalue weighted by Crippen LogP contribution is -2.48. The maximum atomic E-state index is 2.77. The van der Waals surface area contributed by atoms with Crippen molar-refractivity contribution in [2.24, 2.45) is 0 Å². The number of rotatable bonds is 1. The maximum absolute atomic E-state index is 2.77. The first-order chi connectivity index (χ1) is 7.48. The number of hydrogen-bond acceptors (Lipinski definition) is 2. The van der Waals surface area contributed by atoms with Gasteiger partial charge in [0.2, 0.25) is 0 Å². The average Bonchev–Trinajstić information content (AvgIpc) is 2.66. The van der Waals surface area contributed by atoms with Gasteiger partial charge in [-0.05, 0) is 53.5 Å². The zero-order valence-corrected chi connectivity index (χ0v) is 11.5. The molecular weight excluding hydrogens is 196 g/mol. The SMILES string of the molecule is CC1CCCCN1C1CCN(C(C)(C)C)C1. The molecule has 2 fully saturated rings. The predicted octanol–water partition coefficient (Wildman–Crippen LogP) is 2.73. The summed E-state index contributed by atoms with van der Waals surface area (Å²) in [5.41, 5.74) is 0.355. The van der Waals surface area contributed by atoms with Gasteiger partial charge in [0.15, 0.2) is 0 Å². The molecule has 0 saturated carbocycles. The molecule has 0 aromatic heterocycles. The molecule has 2 heterocycles. The fraction of sp³-hybridized carbons (Fsp3) is 1.00. The van der Waals surface area contributed by atoms with Gasteiger partial charge >= 0.3 is 0 Å². The molecule has 16 heavy (non-hydrogen) atoms. The number of piperidine rings is 1. The minimum absolute atomic E-state index is 0.355. The molecule has 2 aliphatic heterocycles. The van der Waals surface area contributed by atoms with E-state index in [4.69, 9.17) is 0 Å². The molecule has 0 aliphatic carbocycles. The van der Waals surface area contributed by atoms with Crippen LogP contribution in [-0.2, 0) is 0 Å². The Balaban J connectivity index is 1.92. The lowest BCUT2D eigenvalue weighted by atomic mass is 10.0. The normalized spacial score (nSPS) is 34.5. The van der Waals surface area contributed by atoms with Crippen molar-refractivity contribution in [1.29, 1.82) is 0 Å². The monoisotopic (exact) mass is 224 g/mol. The Kier molecular flexibility index (Phi) is 3.60. The Morgan fingerprint density at radius 3 is 2.31 bits per heavy atom. The minimum Gasteiger partial charge on any atom is -0.297 e. The molecule has 94 valence electrons. The van der Waals surface area contributed by atoms with E-state index in [1.807, 2.05) is 0 Å². The van der Waals surface area contributed by atoms with E-state index in [-0.39, 0.29) is 0 Å². The molecule has 0 spiro atoms. The largest absolute Gasteiger partial charge is 0.297 e. The molecular formula is C14H28N2. The molecule has 0 N–H and O–H groups in total. The third kappa shape index (κ3) is 2.60. The highest BCUT2D eigenvalue weighted by molar-refractivity contribution is 4.91. The molecule has 2 unspecified atom stereocenters. The van der Waals surface area contributed by atoms with Crippen molar-refractivity contribution >= 4 is 0 Å². The fourth-order valence-corrected chi connectivity index (χ4v) is 3.28. The molecule has 0 aromatic carbocycles. The topological polar surface area (TPSA) is 6.48 Å². The van der Waals surface area contributed by atoms with Crippen molar-refractivity contribution in [1.82, 2.24) is 9.80 Å². The van der Waals surface area contributed by atoms with Crippen LogP contribution in [0.1, 0.15) is 53.4 Å². The van der Waals surface area contributed by atoms with Gasteiger partial charge in [0.05, 0.1) is 0 Å². The van der Waals surface area contributed by atoms with Gasteiger partial charge in [0.1, 0.15) is 0 Å². The van der Waals surface area contributed by atoms with E-state index in [0.717, 1.165) is 12.1 Å². The van der Waals surface area contributed by atoms with Crippen molar-refractivity contribution in [3.8, 4) is 0 Å². The highest BCUT2D eigenvalue weighted by atomic mass is 15.3. The second-order valence-corrected chi connectivity index (χ2v) is 6.64. The van der Waals surface area contributed by atoms with Crippen LogP contribution in [0.3, 0.4) is 0 Å². The Bertz CT molecular complexity index is 231. The van der Waals surface area contributed by atoms with Crippen LogP contribution in [0, 0.1) is 0 Å². The quantitative estimate of drug-likeness (QED) is 0.676. The van der Waals surface area contributed by atoms with Crippen LogP contribution in [0.15, 0.2) is 0 Å². The number of nitrogens with zero attached hydrogens (tertiary/aromatic N) is 2. The molecule has 2 rings (SSSR count). The van der Waals surface area contributed by atoms with E-state index in [9.17, 15) is 0 Å². The molecule has 2 saturated heterocycles. The third-order valence-corrected chi connectivity index (χ3v) is 4.44. The maximum Gasteiger partial charge on any atom is 0.0238 e. The molecule has 2 heteroatoms. The Hall–Kier alpha value is -0.0800. The first-order valence-corrected chi connectivity index (χ1v) is 6.99. The summed E-state index contributed by atoms with van der Waals surface area (Å²) in [6.45, 7) is 13.4. The number of hydrogen-bond donors (Lipinski definition) is 0. The summed E-state index contributed by atoms with van der Waals surface area (Å²) in [5.74, 6) is 0. The van der Waals surface area contributed by atoms with E-state index >= 15 is 0 Å². The van der Waals surface area contributed by atoms with Crippen LogP contribution in [0.25, 0.3) is 0 Å². The van der Waals surface area contributed by atoms with E-state index < -0.39 is 0 Å². The third-order valence-electron chi connectivity index (χ3n) is 4.44. The van der Waals surface area contributed by atoms with E-state index in [1.54, 1.807) is 0 Å². The summed E-state index contributed by atoms with van der Waals surface area (Å²) in [6.07, 6.45) is 5.64.